The molecule has 0 radical (unpaired) electrons. The largest absolute Gasteiger partial charge is 0.479 e. The lowest BCUT2D eigenvalue weighted by atomic mass is 10.2. The lowest BCUT2D eigenvalue weighted by Crippen LogP contribution is -2.37. The third kappa shape index (κ3) is 4.36. The minimum absolute atomic E-state index is 0.144. The maximum Gasteiger partial charge on any atom is 0.263 e. The van der Waals surface area contributed by atoms with Crippen LogP contribution in [0, 0.1) is 0 Å². The van der Waals surface area contributed by atoms with Gasteiger partial charge in [0.2, 0.25) is 0 Å². The topological polar surface area (TPSA) is 42.4 Å². The second kappa shape index (κ2) is 7.47. The van der Waals surface area contributed by atoms with E-state index in [1.165, 1.54) is 0 Å². The number of carbonyl (C=O) groups excluding carboxylic acids is 1. The fraction of sp³-hybridized carbons (Fsp3) is 0.250. The monoisotopic (exact) mass is 338 g/mol. The summed E-state index contributed by atoms with van der Waals surface area (Å²) in [4.78, 5) is 18.0. The summed E-state index contributed by atoms with van der Waals surface area (Å²) < 4.78 is 5.62. The summed E-state index contributed by atoms with van der Waals surface area (Å²) in [6, 6.07) is 8.64. The van der Waals surface area contributed by atoms with E-state index in [9.17, 15) is 4.79 Å². The predicted molar refractivity (Wildman–Crippen MR) is 87.3 cm³/mol. The van der Waals surface area contributed by atoms with Crippen molar-refractivity contribution in [3.8, 4) is 5.75 Å². The number of likely N-dealkylation sites (N-methyl/N-ethyl adjacent to an activating group) is 1. The van der Waals surface area contributed by atoms with Gasteiger partial charge in [0.05, 0.1) is 5.02 Å². The molecule has 0 spiro atoms. The number of rotatable bonds is 5. The van der Waals surface area contributed by atoms with E-state index >= 15 is 0 Å². The van der Waals surface area contributed by atoms with Crippen LogP contribution in [0.3, 0.4) is 0 Å². The van der Waals surface area contributed by atoms with E-state index in [2.05, 4.69) is 4.98 Å². The number of pyridine rings is 1. The Labute approximate surface area is 139 Å². The normalized spacial score (nSPS) is 11.8. The highest BCUT2D eigenvalue weighted by molar-refractivity contribution is 6.35. The maximum absolute atomic E-state index is 12.3. The van der Waals surface area contributed by atoms with Crippen molar-refractivity contribution in [3.63, 3.8) is 0 Å². The molecule has 0 aliphatic heterocycles. The first kappa shape index (κ1) is 16.6. The molecule has 2 rings (SSSR count). The summed E-state index contributed by atoms with van der Waals surface area (Å²) in [6.07, 6.45) is 2.77. The Balaban J connectivity index is 1.99. The van der Waals surface area contributed by atoms with Gasteiger partial charge in [0, 0.05) is 31.0 Å². The minimum atomic E-state index is -0.652. The van der Waals surface area contributed by atoms with E-state index in [0.717, 1.165) is 5.56 Å². The van der Waals surface area contributed by atoms with Gasteiger partial charge in [-0.15, -0.1) is 0 Å². The summed E-state index contributed by atoms with van der Waals surface area (Å²) in [7, 11) is 1.72. The van der Waals surface area contributed by atoms with E-state index < -0.39 is 6.10 Å². The summed E-state index contributed by atoms with van der Waals surface area (Å²) in [6.45, 7) is 2.15. The number of halogens is 2. The molecule has 2 aromatic rings. The molecule has 0 saturated heterocycles. The molecule has 116 valence electrons. The molecule has 1 aromatic carbocycles. The highest BCUT2D eigenvalue weighted by Gasteiger charge is 2.20. The van der Waals surface area contributed by atoms with E-state index in [0.29, 0.717) is 22.3 Å². The Hall–Kier alpha value is -1.78. The Kier molecular flexibility index (Phi) is 5.63. The first-order valence-corrected chi connectivity index (χ1v) is 7.48. The first-order valence-electron chi connectivity index (χ1n) is 6.73. The molecule has 1 heterocycles. The van der Waals surface area contributed by atoms with Gasteiger partial charge in [-0.2, -0.15) is 0 Å². The van der Waals surface area contributed by atoms with Crippen molar-refractivity contribution in [3.05, 3.63) is 58.3 Å². The number of hydrogen-bond donors (Lipinski definition) is 0. The highest BCUT2D eigenvalue weighted by Crippen LogP contribution is 2.28. The molecule has 0 N–H and O–H groups in total. The average Bonchev–Trinajstić information content (AvgIpc) is 2.50. The van der Waals surface area contributed by atoms with Crippen LogP contribution in [-0.4, -0.2) is 28.9 Å². The van der Waals surface area contributed by atoms with Gasteiger partial charge in [-0.05, 0) is 36.8 Å². The van der Waals surface area contributed by atoms with E-state index in [4.69, 9.17) is 27.9 Å². The van der Waals surface area contributed by atoms with Crippen molar-refractivity contribution >= 4 is 29.1 Å². The zero-order valence-electron chi connectivity index (χ0n) is 12.3. The van der Waals surface area contributed by atoms with Crippen LogP contribution < -0.4 is 4.74 Å². The lowest BCUT2D eigenvalue weighted by Gasteiger charge is -2.22. The van der Waals surface area contributed by atoms with Crippen LogP contribution in [0.25, 0.3) is 0 Å². The Morgan fingerprint density at radius 3 is 2.77 bits per heavy atom. The molecule has 6 heteroatoms. The zero-order chi connectivity index (χ0) is 16.1. The van der Waals surface area contributed by atoms with Crippen LogP contribution in [0.5, 0.6) is 5.75 Å². The number of carbonyl (C=O) groups is 1. The number of ether oxygens (including phenoxy) is 1. The summed E-state index contributed by atoms with van der Waals surface area (Å²) in [5.41, 5.74) is 0.954. The Morgan fingerprint density at radius 2 is 2.14 bits per heavy atom. The molecule has 0 aliphatic carbocycles. The predicted octanol–water partition coefficient (Wildman–Crippen LogP) is 3.81. The lowest BCUT2D eigenvalue weighted by molar-refractivity contribution is -0.137. The molecule has 0 aliphatic rings. The first-order chi connectivity index (χ1) is 10.5. The summed E-state index contributed by atoms with van der Waals surface area (Å²) in [5, 5.41) is 0.895. The van der Waals surface area contributed by atoms with E-state index in [1.54, 1.807) is 49.5 Å². The second-order valence-electron chi connectivity index (χ2n) is 4.89. The number of amides is 1. The van der Waals surface area contributed by atoms with Crippen molar-refractivity contribution in [1.29, 1.82) is 0 Å². The van der Waals surface area contributed by atoms with Crippen molar-refractivity contribution in [2.75, 3.05) is 7.05 Å². The fourth-order valence-electron chi connectivity index (χ4n) is 1.97. The molecule has 1 aromatic heterocycles. The number of nitrogens with zero attached hydrogens (tertiary/aromatic N) is 2. The van der Waals surface area contributed by atoms with Gasteiger partial charge in [-0.1, -0.05) is 29.3 Å². The van der Waals surface area contributed by atoms with Crippen LogP contribution in [0.4, 0.5) is 0 Å². The SMILES string of the molecule is CC(Oc1ccc(Cl)cc1Cl)C(=O)N(C)Cc1cccnc1. The zero-order valence-corrected chi connectivity index (χ0v) is 13.8. The minimum Gasteiger partial charge on any atom is -0.479 e. The number of benzene rings is 1. The van der Waals surface area contributed by atoms with Crippen molar-refractivity contribution in [1.82, 2.24) is 9.88 Å². The van der Waals surface area contributed by atoms with Crippen molar-refractivity contribution < 1.29 is 9.53 Å². The van der Waals surface area contributed by atoms with Gasteiger partial charge in [0.25, 0.3) is 5.91 Å². The van der Waals surface area contributed by atoms with Crippen LogP contribution in [0.1, 0.15) is 12.5 Å². The second-order valence-corrected chi connectivity index (χ2v) is 5.73. The van der Waals surface area contributed by atoms with Crippen LogP contribution in [0.2, 0.25) is 10.0 Å². The third-order valence-corrected chi connectivity index (χ3v) is 3.59. The number of hydrogen-bond acceptors (Lipinski definition) is 3. The van der Waals surface area contributed by atoms with Gasteiger partial charge in [-0.3, -0.25) is 9.78 Å². The molecule has 1 atom stereocenters. The number of aromatic nitrogens is 1. The fourth-order valence-corrected chi connectivity index (χ4v) is 2.42. The molecule has 1 amide bonds. The average molecular weight is 339 g/mol. The van der Waals surface area contributed by atoms with Crippen LogP contribution >= 0.6 is 23.2 Å². The van der Waals surface area contributed by atoms with Crippen molar-refractivity contribution in [2.45, 2.75) is 19.6 Å². The van der Waals surface area contributed by atoms with E-state index in [-0.39, 0.29) is 5.91 Å². The van der Waals surface area contributed by atoms with Gasteiger partial charge in [0.1, 0.15) is 5.75 Å². The Morgan fingerprint density at radius 1 is 1.36 bits per heavy atom. The molecule has 4 nitrogen and oxygen atoms in total. The van der Waals surface area contributed by atoms with Crippen molar-refractivity contribution in [2.24, 2.45) is 0 Å². The molecule has 22 heavy (non-hydrogen) atoms. The maximum atomic E-state index is 12.3. The molecular formula is C16H16Cl2N2O2. The third-order valence-electron chi connectivity index (χ3n) is 3.06. The molecule has 0 fully saturated rings. The van der Waals surface area contributed by atoms with Crippen LogP contribution in [-0.2, 0) is 11.3 Å². The standard InChI is InChI=1S/C16H16Cl2N2O2/c1-11(22-15-6-5-13(17)8-14(15)18)16(21)20(2)10-12-4-3-7-19-9-12/h3-9,11H,10H2,1-2H3. The van der Waals surface area contributed by atoms with Gasteiger partial charge >= 0.3 is 0 Å². The van der Waals surface area contributed by atoms with Gasteiger partial charge < -0.3 is 9.64 Å². The van der Waals surface area contributed by atoms with Gasteiger partial charge in [0.15, 0.2) is 6.10 Å². The highest BCUT2D eigenvalue weighted by atomic mass is 35.5. The summed E-state index contributed by atoms with van der Waals surface area (Å²) >= 11 is 11.9. The quantitative estimate of drug-likeness (QED) is 0.832. The Bertz CT molecular complexity index is 650. The van der Waals surface area contributed by atoms with E-state index in [1.807, 2.05) is 12.1 Å². The smallest absolute Gasteiger partial charge is 0.263 e. The molecule has 1 unspecified atom stereocenters. The van der Waals surface area contributed by atoms with Crippen LogP contribution in [0.15, 0.2) is 42.7 Å². The van der Waals surface area contributed by atoms with Gasteiger partial charge in [-0.25, -0.2) is 0 Å². The summed E-state index contributed by atoms with van der Waals surface area (Å²) in [5.74, 6) is 0.288. The molecular weight excluding hydrogens is 323 g/mol. The molecule has 0 bridgehead atoms. The molecule has 0 saturated carbocycles.